The first kappa shape index (κ1) is 19.2. The minimum atomic E-state index is -0.0721. The number of ether oxygens (including phenoxy) is 1. The number of aryl methyl sites for hydroxylation is 1. The molecule has 3 aromatic rings. The molecule has 0 bridgehead atoms. The summed E-state index contributed by atoms with van der Waals surface area (Å²) in [5, 5.41) is 4.11. The van der Waals surface area contributed by atoms with E-state index < -0.39 is 0 Å². The fraction of sp³-hybridized carbons (Fsp3) is 0.348. The first-order valence-corrected chi connectivity index (χ1v) is 9.92. The Morgan fingerprint density at radius 1 is 1.21 bits per heavy atom. The second kappa shape index (κ2) is 8.07. The highest BCUT2D eigenvalue weighted by Gasteiger charge is 2.34. The standard InChI is InChI=1S/C23H25N3O3/c1-15(2)28-20-9-7-17(8-10-20)13-26-14-19(12-21(26)27)23-24-22(25-29-23)18-6-4-5-16(3)11-18/h4-11,15,19H,12-14H2,1-3H3. The van der Waals surface area contributed by atoms with Gasteiger partial charge in [-0.05, 0) is 44.5 Å². The summed E-state index contributed by atoms with van der Waals surface area (Å²) in [6.45, 7) is 7.17. The van der Waals surface area contributed by atoms with E-state index in [0.717, 1.165) is 22.4 Å². The topological polar surface area (TPSA) is 68.5 Å². The number of rotatable bonds is 6. The molecule has 1 aliphatic heterocycles. The van der Waals surface area contributed by atoms with Crippen LogP contribution in [0.4, 0.5) is 0 Å². The Balaban J connectivity index is 1.42. The van der Waals surface area contributed by atoms with Gasteiger partial charge in [-0.2, -0.15) is 4.98 Å². The maximum absolute atomic E-state index is 12.5. The molecule has 0 aliphatic carbocycles. The summed E-state index contributed by atoms with van der Waals surface area (Å²) < 4.78 is 11.2. The van der Waals surface area contributed by atoms with Crippen LogP contribution in [0.3, 0.4) is 0 Å². The molecule has 2 heterocycles. The molecule has 2 aromatic carbocycles. The normalized spacial score (nSPS) is 16.6. The van der Waals surface area contributed by atoms with Gasteiger partial charge < -0.3 is 14.2 Å². The monoisotopic (exact) mass is 391 g/mol. The number of likely N-dealkylation sites (tertiary alicyclic amines) is 1. The van der Waals surface area contributed by atoms with Crippen molar-refractivity contribution in [1.82, 2.24) is 15.0 Å². The third-order valence-corrected chi connectivity index (χ3v) is 4.95. The maximum atomic E-state index is 12.5. The molecule has 1 unspecified atom stereocenters. The van der Waals surface area contributed by atoms with E-state index in [1.165, 1.54) is 0 Å². The first-order chi connectivity index (χ1) is 14.0. The Hall–Kier alpha value is -3.15. The minimum absolute atomic E-state index is 0.0721. The molecular weight excluding hydrogens is 366 g/mol. The van der Waals surface area contributed by atoms with Gasteiger partial charge in [0.25, 0.3) is 0 Å². The van der Waals surface area contributed by atoms with Gasteiger partial charge >= 0.3 is 0 Å². The molecule has 1 aromatic heterocycles. The summed E-state index contributed by atoms with van der Waals surface area (Å²) >= 11 is 0. The van der Waals surface area contributed by atoms with Gasteiger partial charge in [0.05, 0.1) is 12.0 Å². The van der Waals surface area contributed by atoms with E-state index in [4.69, 9.17) is 9.26 Å². The van der Waals surface area contributed by atoms with Gasteiger partial charge in [0.15, 0.2) is 0 Å². The Bertz CT molecular complexity index is 995. The highest BCUT2D eigenvalue weighted by atomic mass is 16.5. The van der Waals surface area contributed by atoms with E-state index in [0.29, 0.717) is 31.2 Å². The highest BCUT2D eigenvalue weighted by Crippen LogP contribution is 2.30. The first-order valence-electron chi connectivity index (χ1n) is 9.92. The third-order valence-electron chi connectivity index (χ3n) is 4.95. The van der Waals surface area contributed by atoms with E-state index >= 15 is 0 Å². The number of aromatic nitrogens is 2. The quantitative estimate of drug-likeness (QED) is 0.625. The lowest BCUT2D eigenvalue weighted by molar-refractivity contribution is -0.128. The van der Waals surface area contributed by atoms with Crippen molar-refractivity contribution in [2.24, 2.45) is 0 Å². The van der Waals surface area contributed by atoms with Gasteiger partial charge in [0, 0.05) is 25.1 Å². The van der Waals surface area contributed by atoms with E-state index in [2.05, 4.69) is 10.1 Å². The number of carbonyl (C=O) groups excluding carboxylic acids is 1. The molecule has 0 N–H and O–H groups in total. The zero-order chi connectivity index (χ0) is 20.4. The molecule has 1 atom stereocenters. The second-order valence-electron chi connectivity index (χ2n) is 7.81. The number of carbonyl (C=O) groups is 1. The molecule has 0 spiro atoms. The average Bonchev–Trinajstić information content (AvgIpc) is 3.30. The molecule has 6 heteroatoms. The Morgan fingerprint density at radius 2 is 2.00 bits per heavy atom. The van der Waals surface area contributed by atoms with Crippen molar-refractivity contribution < 1.29 is 14.1 Å². The van der Waals surface area contributed by atoms with Gasteiger partial charge in [-0.1, -0.05) is 41.1 Å². The van der Waals surface area contributed by atoms with Gasteiger partial charge in [0.2, 0.25) is 17.6 Å². The fourth-order valence-corrected chi connectivity index (χ4v) is 3.56. The van der Waals surface area contributed by atoms with E-state index in [1.807, 2.05) is 74.2 Å². The highest BCUT2D eigenvalue weighted by molar-refractivity contribution is 5.79. The van der Waals surface area contributed by atoms with Crippen LogP contribution in [0.5, 0.6) is 5.75 Å². The summed E-state index contributed by atoms with van der Waals surface area (Å²) in [4.78, 5) is 18.9. The largest absolute Gasteiger partial charge is 0.491 e. The summed E-state index contributed by atoms with van der Waals surface area (Å²) in [5.41, 5.74) is 3.13. The van der Waals surface area contributed by atoms with Crippen LogP contribution in [-0.2, 0) is 11.3 Å². The van der Waals surface area contributed by atoms with Gasteiger partial charge in [-0.15, -0.1) is 0 Å². The maximum Gasteiger partial charge on any atom is 0.232 e. The molecule has 0 radical (unpaired) electrons. The van der Waals surface area contributed by atoms with Gasteiger partial charge in [0.1, 0.15) is 5.75 Å². The van der Waals surface area contributed by atoms with Crippen molar-refractivity contribution in [2.75, 3.05) is 6.54 Å². The van der Waals surface area contributed by atoms with Crippen molar-refractivity contribution >= 4 is 5.91 Å². The molecule has 1 fully saturated rings. The SMILES string of the molecule is Cc1cccc(-c2noc(C3CC(=O)N(Cc4ccc(OC(C)C)cc4)C3)n2)c1. The molecular formula is C23H25N3O3. The van der Waals surface area contributed by atoms with Crippen LogP contribution in [0.1, 0.15) is 43.2 Å². The molecule has 1 amide bonds. The van der Waals surface area contributed by atoms with Crippen molar-refractivity contribution in [3.8, 4) is 17.1 Å². The zero-order valence-electron chi connectivity index (χ0n) is 17.0. The minimum Gasteiger partial charge on any atom is -0.491 e. The average molecular weight is 391 g/mol. The Kier molecular flexibility index (Phi) is 5.34. The van der Waals surface area contributed by atoms with Crippen LogP contribution in [0.25, 0.3) is 11.4 Å². The number of benzene rings is 2. The molecule has 6 nitrogen and oxygen atoms in total. The van der Waals surface area contributed by atoms with Crippen LogP contribution in [0.2, 0.25) is 0 Å². The van der Waals surface area contributed by atoms with E-state index in [9.17, 15) is 4.79 Å². The molecule has 1 saturated heterocycles. The number of hydrogen-bond donors (Lipinski definition) is 0. The predicted octanol–water partition coefficient (Wildman–Crippen LogP) is 4.35. The van der Waals surface area contributed by atoms with E-state index in [-0.39, 0.29) is 17.9 Å². The lowest BCUT2D eigenvalue weighted by atomic mass is 10.1. The molecule has 29 heavy (non-hydrogen) atoms. The Labute approximate surface area is 170 Å². The number of hydrogen-bond acceptors (Lipinski definition) is 5. The Morgan fingerprint density at radius 3 is 2.72 bits per heavy atom. The molecule has 4 rings (SSSR count). The fourth-order valence-electron chi connectivity index (χ4n) is 3.56. The lowest BCUT2D eigenvalue weighted by Gasteiger charge is -2.16. The summed E-state index contributed by atoms with van der Waals surface area (Å²) in [6, 6.07) is 15.9. The summed E-state index contributed by atoms with van der Waals surface area (Å²) in [6.07, 6.45) is 0.533. The van der Waals surface area contributed by atoms with Crippen molar-refractivity contribution in [2.45, 2.75) is 45.8 Å². The zero-order valence-corrected chi connectivity index (χ0v) is 17.0. The van der Waals surface area contributed by atoms with Crippen LogP contribution in [0, 0.1) is 6.92 Å². The lowest BCUT2D eigenvalue weighted by Crippen LogP contribution is -2.24. The second-order valence-corrected chi connectivity index (χ2v) is 7.81. The molecule has 1 aliphatic rings. The predicted molar refractivity (Wildman–Crippen MR) is 109 cm³/mol. The van der Waals surface area contributed by atoms with Crippen molar-refractivity contribution in [3.63, 3.8) is 0 Å². The van der Waals surface area contributed by atoms with Crippen molar-refractivity contribution in [3.05, 3.63) is 65.5 Å². The summed E-state index contributed by atoms with van der Waals surface area (Å²) in [5.74, 6) is 1.96. The number of amides is 1. The smallest absolute Gasteiger partial charge is 0.232 e. The van der Waals surface area contributed by atoms with Gasteiger partial charge in [-0.25, -0.2) is 0 Å². The van der Waals surface area contributed by atoms with Gasteiger partial charge in [-0.3, -0.25) is 4.79 Å². The molecule has 0 saturated carbocycles. The van der Waals surface area contributed by atoms with Crippen LogP contribution < -0.4 is 4.74 Å². The van der Waals surface area contributed by atoms with Crippen LogP contribution in [-0.4, -0.2) is 33.6 Å². The molecule has 150 valence electrons. The number of nitrogens with zero attached hydrogens (tertiary/aromatic N) is 3. The van der Waals surface area contributed by atoms with Crippen LogP contribution in [0.15, 0.2) is 53.1 Å². The summed E-state index contributed by atoms with van der Waals surface area (Å²) in [7, 11) is 0. The van der Waals surface area contributed by atoms with Crippen LogP contribution >= 0.6 is 0 Å². The van der Waals surface area contributed by atoms with E-state index in [1.54, 1.807) is 0 Å². The third kappa shape index (κ3) is 4.47. The van der Waals surface area contributed by atoms with Crippen molar-refractivity contribution in [1.29, 1.82) is 0 Å².